The van der Waals surface area contributed by atoms with Gasteiger partial charge in [-0.3, -0.25) is 4.79 Å². The standard InChI is InChI=1S/C20H20FN3O5S/c1-11-5-6-14(13(21)7-11)22-17(25)10-30-20-24-23-19(29-20)12-8-15(26-2)18(28-4)16(9-12)27-3/h5-9H,10H2,1-4H3,(H,22,25). The summed E-state index contributed by atoms with van der Waals surface area (Å²) in [5.41, 5.74) is 1.45. The zero-order valence-corrected chi connectivity index (χ0v) is 17.6. The predicted octanol–water partition coefficient (Wildman–Crippen LogP) is 3.94. The van der Waals surface area contributed by atoms with Crippen LogP contribution in [-0.4, -0.2) is 43.2 Å². The highest BCUT2D eigenvalue weighted by Gasteiger charge is 2.18. The summed E-state index contributed by atoms with van der Waals surface area (Å²) in [5, 5.41) is 10.6. The van der Waals surface area contributed by atoms with Crippen molar-refractivity contribution in [2.75, 3.05) is 32.4 Å². The van der Waals surface area contributed by atoms with E-state index in [1.165, 1.54) is 33.5 Å². The van der Waals surface area contributed by atoms with E-state index in [0.717, 1.165) is 17.3 Å². The van der Waals surface area contributed by atoms with Gasteiger partial charge in [-0.2, -0.15) is 0 Å². The van der Waals surface area contributed by atoms with Crippen molar-refractivity contribution in [1.82, 2.24) is 10.2 Å². The summed E-state index contributed by atoms with van der Waals surface area (Å²) in [6.45, 7) is 1.77. The van der Waals surface area contributed by atoms with Gasteiger partial charge < -0.3 is 23.9 Å². The zero-order chi connectivity index (χ0) is 21.7. The molecule has 3 aromatic rings. The molecule has 0 bridgehead atoms. The van der Waals surface area contributed by atoms with Crippen molar-refractivity contribution < 1.29 is 27.8 Å². The quantitative estimate of drug-likeness (QED) is 0.534. The number of methoxy groups -OCH3 is 3. The Bertz CT molecular complexity index is 1030. The summed E-state index contributed by atoms with van der Waals surface area (Å²) in [6.07, 6.45) is 0. The number of thioether (sulfide) groups is 1. The number of amides is 1. The number of benzene rings is 2. The molecule has 10 heteroatoms. The van der Waals surface area contributed by atoms with Crippen LogP contribution in [0.4, 0.5) is 10.1 Å². The Hall–Kier alpha value is -3.27. The SMILES string of the molecule is COc1cc(-c2nnc(SCC(=O)Nc3ccc(C)cc3F)o2)cc(OC)c1OC. The van der Waals surface area contributed by atoms with E-state index in [1.54, 1.807) is 25.1 Å². The number of hydrogen-bond acceptors (Lipinski definition) is 8. The van der Waals surface area contributed by atoms with Crippen molar-refractivity contribution in [2.45, 2.75) is 12.1 Å². The number of hydrogen-bond donors (Lipinski definition) is 1. The number of aromatic nitrogens is 2. The largest absolute Gasteiger partial charge is 0.493 e. The van der Waals surface area contributed by atoms with Gasteiger partial charge in [0.25, 0.3) is 5.22 Å². The van der Waals surface area contributed by atoms with Gasteiger partial charge in [0, 0.05) is 5.56 Å². The third-order valence-corrected chi connectivity index (χ3v) is 4.86. The number of aryl methyl sites for hydroxylation is 1. The van der Waals surface area contributed by atoms with Gasteiger partial charge in [-0.25, -0.2) is 4.39 Å². The van der Waals surface area contributed by atoms with Crippen LogP contribution < -0.4 is 19.5 Å². The molecular weight excluding hydrogens is 413 g/mol. The molecule has 3 rings (SSSR count). The molecule has 0 aliphatic rings. The van der Waals surface area contributed by atoms with E-state index in [4.69, 9.17) is 18.6 Å². The molecule has 1 aromatic heterocycles. The van der Waals surface area contributed by atoms with E-state index in [0.29, 0.717) is 22.8 Å². The Morgan fingerprint density at radius 2 is 1.80 bits per heavy atom. The maximum atomic E-state index is 13.9. The fraction of sp³-hybridized carbons (Fsp3) is 0.250. The van der Waals surface area contributed by atoms with Crippen LogP contribution in [0.15, 0.2) is 40.0 Å². The molecule has 0 aliphatic carbocycles. The first kappa shape index (κ1) is 21.4. The van der Waals surface area contributed by atoms with Gasteiger partial charge >= 0.3 is 0 Å². The maximum absolute atomic E-state index is 13.9. The second-order valence-electron chi connectivity index (χ2n) is 6.11. The van der Waals surface area contributed by atoms with E-state index < -0.39 is 11.7 Å². The van der Waals surface area contributed by atoms with Crippen LogP contribution in [0.1, 0.15) is 5.56 Å². The van der Waals surface area contributed by atoms with Crippen LogP contribution in [0.25, 0.3) is 11.5 Å². The molecule has 8 nitrogen and oxygen atoms in total. The molecule has 1 heterocycles. The monoisotopic (exact) mass is 433 g/mol. The normalized spacial score (nSPS) is 10.6. The smallest absolute Gasteiger partial charge is 0.277 e. The third-order valence-electron chi connectivity index (χ3n) is 4.04. The molecule has 0 aliphatic heterocycles. The lowest BCUT2D eigenvalue weighted by molar-refractivity contribution is -0.113. The van der Waals surface area contributed by atoms with Crippen LogP contribution in [0.3, 0.4) is 0 Å². The number of carbonyl (C=O) groups excluding carboxylic acids is 1. The lowest BCUT2D eigenvalue weighted by atomic mass is 10.2. The van der Waals surface area contributed by atoms with Crippen LogP contribution in [0.2, 0.25) is 0 Å². The van der Waals surface area contributed by atoms with E-state index in [2.05, 4.69) is 15.5 Å². The lowest BCUT2D eigenvalue weighted by Crippen LogP contribution is -2.15. The van der Waals surface area contributed by atoms with Crippen molar-refractivity contribution in [2.24, 2.45) is 0 Å². The van der Waals surface area contributed by atoms with Gasteiger partial charge in [-0.05, 0) is 36.8 Å². The molecule has 1 N–H and O–H groups in total. The van der Waals surface area contributed by atoms with Gasteiger partial charge in [-0.1, -0.05) is 17.8 Å². The number of carbonyl (C=O) groups is 1. The minimum Gasteiger partial charge on any atom is -0.493 e. The van der Waals surface area contributed by atoms with E-state index in [1.807, 2.05) is 0 Å². The highest BCUT2D eigenvalue weighted by molar-refractivity contribution is 7.99. The van der Waals surface area contributed by atoms with Crippen molar-refractivity contribution in [3.8, 4) is 28.7 Å². The van der Waals surface area contributed by atoms with Crippen molar-refractivity contribution in [3.05, 3.63) is 41.7 Å². The molecule has 30 heavy (non-hydrogen) atoms. The first-order valence-corrected chi connectivity index (χ1v) is 9.76. The number of anilines is 1. The summed E-state index contributed by atoms with van der Waals surface area (Å²) in [6, 6.07) is 7.94. The second kappa shape index (κ2) is 9.49. The third kappa shape index (κ3) is 4.82. The topological polar surface area (TPSA) is 95.7 Å². The Labute approximate surface area is 176 Å². The number of ether oxygens (including phenoxy) is 3. The highest BCUT2D eigenvalue weighted by Crippen LogP contribution is 2.41. The second-order valence-corrected chi connectivity index (χ2v) is 7.03. The van der Waals surface area contributed by atoms with Crippen LogP contribution >= 0.6 is 11.8 Å². The summed E-state index contributed by atoms with van der Waals surface area (Å²) < 4.78 is 35.4. The summed E-state index contributed by atoms with van der Waals surface area (Å²) in [5.74, 6) is 0.646. The zero-order valence-electron chi connectivity index (χ0n) is 16.8. The van der Waals surface area contributed by atoms with Crippen LogP contribution in [0, 0.1) is 12.7 Å². The number of rotatable bonds is 8. The number of nitrogens with one attached hydrogen (secondary N) is 1. The average molecular weight is 433 g/mol. The molecule has 0 unspecified atom stereocenters. The summed E-state index contributed by atoms with van der Waals surface area (Å²) in [4.78, 5) is 12.1. The molecule has 0 spiro atoms. The van der Waals surface area contributed by atoms with Crippen LogP contribution in [-0.2, 0) is 4.79 Å². The number of halogens is 1. The van der Waals surface area contributed by atoms with Gasteiger partial charge in [-0.15, -0.1) is 10.2 Å². The number of nitrogens with zero attached hydrogens (tertiary/aromatic N) is 2. The molecule has 1 amide bonds. The molecule has 0 atom stereocenters. The fourth-order valence-electron chi connectivity index (χ4n) is 2.62. The summed E-state index contributed by atoms with van der Waals surface area (Å²) >= 11 is 1.04. The molecule has 0 saturated heterocycles. The predicted molar refractivity (Wildman–Crippen MR) is 110 cm³/mol. The minimum absolute atomic E-state index is 0.0236. The Morgan fingerprint density at radius 1 is 1.10 bits per heavy atom. The van der Waals surface area contributed by atoms with E-state index in [9.17, 15) is 9.18 Å². The molecule has 0 radical (unpaired) electrons. The molecular formula is C20H20FN3O5S. The van der Waals surface area contributed by atoms with Crippen molar-refractivity contribution >= 4 is 23.4 Å². The van der Waals surface area contributed by atoms with E-state index >= 15 is 0 Å². The van der Waals surface area contributed by atoms with Gasteiger partial charge in [0.1, 0.15) is 5.82 Å². The van der Waals surface area contributed by atoms with Crippen LogP contribution in [0.5, 0.6) is 17.2 Å². The lowest BCUT2D eigenvalue weighted by Gasteiger charge is -2.12. The van der Waals surface area contributed by atoms with Gasteiger partial charge in [0.2, 0.25) is 17.5 Å². The van der Waals surface area contributed by atoms with Crippen molar-refractivity contribution in [1.29, 1.82) is 0 Å². The average Bonchev–Trinajstić information content (AvgIpc) is 3.22. The Balaban J connectivity index is 1.68. The molecule has 158 valence electrons. The molecule has 2 aromatic carbocycles. The maximum Gasteiger partial charge on any atom is 0.277 e. The molecule has 0 saturated carbocycles. The Morgan fingerprint density at radius 3 is 2.40 bits per heavy atom. The van der Waals surface area contributed by atoms with E-state index in [-0.39, 0.29) is 22.6 Å². The first-order valence-electron chi connectivity index (χ1n) is 8.77. The minimum atomic E-state index is -0.490. The van der Waals surface area contributed by atoms with Crippen molar-refractivity contribution in [3.63, 3.8) is 0 Å². The Kier molecular flexibility index (Phi) is 6.78. The highest BCUT2D eigenvalue weighted by atomic mass is 32.2. The first-order chi connectivity index (χ1) is 14.4. The van der Waals surface area contributed by atoms with Gasteiger partial charge in [0.05, 0.1) is 32.8 Å². The molecule has 0 fully saturated rings. The van der Waals surface area contributed by atoms with Gasteiger partial charge in [0.15, 0.2) is 11.5 Å². The fourth-order valence-corrected chi connectivity index (χ4v) is 3.19. The summed E-state index contributed by atoms with van der Waals surface area (Å²) in [7, 11) is 4.52.